The lowest BCUT2D eigenvalue weighted by atomic mass is 9.78. The highest BCUT2D eigenvalue weighted by Crippen LogP contribution is 2.43. The number of fused-ring (bicyclic) bond motifs is 9. The number of rotatable bonds is 1. The molecule has 1 unspecified atom stereocenters. The van der Waals surface area contributed by atoms with Crippen molar-refractivity contribution in [3.63, 3.8) is 0 Å². The van der Waals surface area contributed by atoms with Gasteiger partial charge in [0.2, 0.25) is 0 Å². The highest BCUT2D eigenvalue weighted by molar-refractivity contribution is 7.25. The fraction of sp³-hybridized carbons (Fsp3) is 0.100. The van der Waals surface area contributed by atoms with Crippen molar-refractivity contribution >= 4 is 64.8 Å². The molecule has 1 atom stereocenters. The summed E-state index contributed by atoms with van der Waals surface area (Å²) in [5.74, 6) is 0.441. The molecule has 2 heteroatoms. The normalized spacial score (nSPS) is 16.0. The number of hydrogen-bond acceptors (Lipinski definition) is 2. The largest absolute Gasteiger partial charge is 0.245 e. The molecular weight excluding hydrogens is 406 g/mol. The van der Waals surface area contributed by atoms with Crippen LogP contribution in [0.2, 0.25) is 0 Å². The highest BCUT2D eigenvalue weighted by atomic mass is 32.1. The van der Waals surface area contributed by atoms with E-state index >= 15 is 0 Å². The summed E-state index contributed by atoms with van der Waals surface area (Å²) in [5, 5.41) is 8.01. The summed E-state index contributed by atoms with van der Waals surface area (Å²) < 4.78 is 1.31. The quantitative estimate of drug-likeness (QED) is 0.240. The lowest BCUT2D eigenvalue weighted by Crippen LogP contribution is -2.10. The van der Waals surface area contributed by atoms with Crippen molar-refractivity contribution in [3.8, 4) is 0 Å². The van der Waals surface area contributed by atoms with Crippen LogP contribution in [-0.4, -0.2) is 4.98 Å². The van der Waals surface area contributed by atoms with Crippen molar-refractivity contribution in [1.82, 2.24) is 4.98 Å². The lowest BCUT2D eigenvalue weighted by Gasteiger charge is -2.26. The summed E-state index contributed by atoms with van der Waals surface area (Å²) in [5.41, 5.74) is 5.49. The fourth-order valence-electron chi connectivity index (χ4n) is 5.47. The number of aromatic nitrogens is 1. The van der Waals surface area contributed by atoms with Crippen molar-refractivity contribution in [2.45, 2.75) is 13.3 Å². The number of allylic oxidation sites excluding steroid dienone is 1. The van der Waals surface area contributed by atoms with E-state index in [0.29, 0.717) is 5.92 Å². The minimum absolute atomic E-state index is 0.441. The van der Waals surface area contributed by atoms with E-state index in [4.69, 9.17) is 4.98 Å². The topological polar surface area (TPSA) is 12.9 Å². The Labute approximate surface area is 190 Å². The van der Waals surface area contributed by atoms with E-state index in [-0.39, 0.29) is 0 Å². The van der Waals surface area contributed by atoms with Crippen molar-refractivity contribution in [2.24, 2.45) is 5.92 Å². The first-order valence-corrected chi connectivity index (χ1v) is 12.0. The monoisotopic (exact) mass is 427 g/mol. The third-order valence-corrected chi connectivity index (χ3v) is 8.09. The van der Waals surface area contributed by atoms with E-state index in [0.717, 1.165) is 11.3 Å². The van der Waals surface area contributed by atoms with Crippen molar-refractivity contribution in [3.05, 3.63) is 102 Å². The molecule has 2 heterocycles. The Kier molecular flexibility index (Phi) is 3.82. The highest BCUT2D eigenvalue weighted by Gasteiger charge is 2.23. The molecule has 152 valence electrons. The van der Waals surface area contributed by atoms with Gasteiger partial charge in [-0.15, -0.1) is 11.3 Å². The molecule has 4 aromatic carbocycles. The maximum atomic E-state index is 4.87. The molecule has 0 amide bonds. The Morgan fingerprint density at radius 1 is 0.750 bits per heavy atom. The van der Waals surface area contributed by atoms with Gasteiger partial charge in [0, 0.05) is 21.7 Å². The lowest BCUT2D eigenvalue weighted by molar-refractivity contribution is 0.742. The summed E-state index contributed by atoms with van der Waals surface area (Å²) in [6.07, 6.45) is 5.57. The zero-order valence-electron chi connectivity index (χ0n) is 17.8. The maximum absolute atomic E-state index is 4.87. The number of nitrogens with zero attached hydrogens (tertiary/aromatic N) is 1. The summed E-state index contributed by atoms with van der Waals surface area (Å²) >= 11 is 1.78. The van der Waals surface area contributed by atoms with Crippen molar-refractivity contribution < 1.29 is 0 Å². The number of thiophene rings is 1. The van der Waals surface area contributed by atoms with Gasteiger partial charge in [0.1, 0.15) is 4.83 Å². The summed E-state index contributed by atoms with van der Waals surface area (Å²) in [4.78, 5) is 6.00. The van der Waals surface area contributed by atoms with Crippen LogP contribution in [-0.2, 0) is 6.42 Å². The third-order valence-electron chi connectivity index (χ3n) is 6.99. The molecule has 0 saturated heterocycles. The van der Waals surface area contributed by atoms with Gasteiger partial charge in [0.25, 0.3) is 0 Å². The predicted molar refractivity (Wildman–Crippen MR) is 139 cm³/mol. The van der Waals surface area contributed by atoms with Crippen molar-refractivity contribution in [2.75, 3.05) is 0 Å². The van der Waals surface area contributed by atoms with Gasteiger partial charge in [-0.05, 0) is 74.4 Å². The second-order valence-electron chi connectivity index (χ2n) is 8.86. The zero-order chi connectivity index (χ0) is 21.2. The Morgan fingerprint density at radius 3 is 2.22 bits per heavy atom. The SMILES string of the molecule is CC1Cc2c(c3ccccc3c3ccccc23)C=C1c1cnc2sc3ccccc3c2c1. The molecule has 1 aliphatic carbocycles. The minimum atomic E-state index is 0.441. The first kappa shape index (κ1) is 18.1. The number of pyridine rings is 1. The average molecular weight is 428 g/mol. The third kappa shape index (κ3) is 2.53. The maximum Gasteiger partial charge on any atom is 0.124 e. The minimum Gasteiger partial charge on any atom is -0.245 e. The number of hydrogen-bond donors (Lipinski definition) is 0. The van der Waals surface area contributed by atoms with Crippen LogP contribution in [0.25, 0.3) is 53.5 Å². The molecule has 1 nitrogen and oxygen atoms in total. The fourth-order valence-corrected chi connectivity index (χ4v) is 6.50. The average Bonchev–Trinajstić information content (AvgIpc) is 3.22. The molecule has 6 aromatic rings. The van der Waals surface area contributed by atoms with Gasteiger partial charge in [0.05, 0.1) is 0 Å². The van der Waals surface area contributed by atoms with Crippen LogP contribution in [0.15, 0.2) is 85.1 Å². The van der Waals surface area contributed by atoms with Gasteiger partial charge in [-0.1, -0.05) is 73.7 Å². The van der Waals surface area contributed by atoms with Crippen LogP contribution in [0.1, 0.15) is 23.6 Å². The molecule has 0 spiro atoms. The Bertz CT molecular complexity index is 1720. The van der Waals surface area contributed by atoms with Crippen LogP contribution in [0.5, 0.6) is 0 Å². The second kappa shape index (κ2) is 6.75. The Morgan fingerprint density at radius 2 is 1.41 bits per heavy atom. The smallest absolute Gasteiger partial charge is 0.124 e. The molecular formula is C30H21NS. The van der Waals surface area contributed by atoms with E-state index < -0.39 is 0 Å². The Balaban J connectivity index is 1.51. The van der Waals surface area contributed by atoms with Gasteiger partial charge in [0.15, 0.2) is 0 Å². The van der Waals surface area contributed by atoms with Crippen LogP contribution in [0, 0.1) is 5.92 Å². The van der Waals surface area contributed by atoms with Gasteiger partial charge in [-0.3, -0.25) is 0 Å². The molecule has 0 bridgehead atoms. The summed E-state index contributed by atoms with van der Waals surface area (Å²) in [7, 11) is 0. The predicted octanol–water partition coefficient (Wildman–Crippen LogP) is 8.49. The van der Waals surface area contributed by atoms with Gasteiger partial charge in [-0.2, -0.15) is 0 Å². The Hall–Kier alpha value is -3.49. The standard InChI is InChI=1S/C30H21NS/c1-18-14-26-22-10-4-2-8-20(22)21-9-3-5-11-23(21)27(26)16-25(18)19-15-28-24-12-6-7-13-29(24)32-30(28)31-17-19/h2-13,15-18H,14H2,1H3. The van der Waals surface area contributed by atoms with Crippen LogP contribution >= 0.6 is 11.3 Å². The first-order valence-electron chi connectivity index (χ1n) is 11.2. The molecule has 7 rings (SSSR count). The molecule has 0 aliphatic heterocycles. The molecule has 0 N–H and O–H groups in total. The van der Waals surface area contributed by atoms with Crippen LogP contribution < -0.4 is 0 Å². The van der Waals surface area contributed by atoms with E-state index in [9.17, 15) is 0 Å². The van der Waals surface area contributed by atoms with E-state index in [1.54, 1.807) is 11.3 Å². The first-order chi connectivity index (χ1) is 15.8. The van der Waals surface area contributed by atoms with Gasteiger partial charge in [-0.25, -0.2) is 4.98 Å². The molecule has 0 fully saturated rings. The summed E-state index contributed by atoms with van der Waals surface area (Å²) in [6, 6.07) is 28.7. The van der Waals surface area contributed by atoms with E-state index in [1.807, 2.05) is 0 Å². The molecule has 1 aliphatic rings. The second-order valence-corrected chi connectivity index (χ2v) is 9.89. The summed E-state index contributed by atoms with van der Waals surface area (Å²) in [6.45, 7) is 2.36. The van der Waals surface area contributed by atoms with E-state index in [1.165, 1.54) is 59.3 Å². The van der Waals surface area contributed by atoms with Crippen LogP contribution in [0.4, 0.5) is 0 Å². The zero-order valence-corrected chi connectivity index (χ0v) is 18.6. The van der Waals surface area contributed by atoms with E-state index in [2.05, 4.69) is 98.1 Å². The van der Waals surface area contributed by atoms with Crippen molar-refractivity contribution in [1.29, 1.82) is 0 Å². The van der Waals surface area contributed by atoms with Gasteiger partial charge < -0.3 is 0 Å². The molecule has 2 aromatic heterocycles. The number of benzene rings is 4. The van der Waals surface area contributed by atoms with Gasteiger partial charge >= 0.3 is 0 Å². The molecule has 32 heavy (non-hydrogen) atoms. The molecule has 0 saturated carbocycles. The molecule has 0 radical (unpaired) electrons. The van der Waals surface area contributed by atoms with Crippen LogP contribution in [0.3, 0.4) is 0 Å².